The highest BCUT2D eigenvalue weighted by molar-refractivity contribution is 7.89. The Hall–Kier alpha value is -4.28. The molecule has 1 aromatic heterocycles. The van der Waals surface area contributed by atoms with Gasteiger partial charge in [-0.3, -0.25) is 10.2 Å². The number of hydrogen-bond donors (Lipinski definition) is 3. The number of rotatable bonds is 5. The average molecular weight is 501 g/mol. The fraction of sp³-hybridized carbons (Fsp3) is 0.115. The normalized spacial score (nSPS) is 13.5. The molecule has 2 heterocycles. The van der Waals surface area contributed by atoms with Gasteiger partial charge in [0, 0.05) is 28.9 Å². The van der Waals surface area contributed by atoms with Crippen LogP contribution in [-0.4, -0.2) is 36.5 Å². The zero-order valence-electron chi connectivity index (χ0n) is 19.5. The Morgan fingerprint density at radius 3 is 2.42 bits per heavy atom. The van der Waals surface area contributed by atoms with Crippen LogP contribution in [0.25, 0.3) is 16.8 Å². The topological polar surface area (TPSA) is 148 Å². The monoisotopic (exact) mass is 500 g/mol. The van der Waals surface area contributed by atoms with Crippen LogP contribution in [0.2, 0.25) is 0 Å². The smallest absolute Gasteiger partial charge is 0.277 e. The second-order valence-corrected chi connectivity index (χ2v) is 10.1. The average Bonchev–Trinajstić information content (AvgIpc) is 3.21. The van der Waals surface area contributed by atoms with E-state index in [0.29, 0.717) is 46.7 Å². The number of hydrogen-bond acceptors (Lipinski definition) is 5. The quantitative estimate of drug-likeness (QED) is 0.285. The van der Waals surface area contributed by atoms with Crippen LogP contribution in [0.5, 0.6) is 0 Å². The minimum atomic E-state index is -3.89. The van der Waals surface area contributed by atoms with Gasteiger partial charge in [-0.05, 0) is 49.2 Å². The van der Waals surface area contributed by atoms with E-state index in [9.17, 15) is 13.2 Å². The molecule has 5 N–H and O–H groups in total. The molecule has 0 atom stereocenters. The first-order valence-electron chi connectivity index (χ1n) is 11.2. The van der Waals surface area contributed by atoms with Gasteiger partial charge < -0.3 is 10.6 Å². The van der Waals surface area contributed by atoms with E-state index in [2.05, 4.69) is 5.10 Å². The van der Waals surface area contributed by atoms with E-state index in [1.807, 2.05) is 13.0 Å². The first-order chi connectivity index (χ1) is 17.1. The van der Waals surface area contributed by atoms with Gasteiger partial charge in [0.1, 0.15) is 11.5 Å². The highest BCUT2D eigenvalue weighted by Gasteiger charge is 2.32. The largest absolute Gasteiger partial charge is 0.384 e. The van der Waals surface area contributed by atoms with Gasteiger partial charge >= 0.3 is 0 Å². The Kier molecular flexibility index (Phi) is 5.70. The summed E-state index contributed by atoms with van der Waals surface area (Å²) < 4.78 is 25.6. The van der Waals surface area contributed by atoms with Crippen LogP contribution in [0.4, 0.5) is 5.69 Å². The summed E-state index contributed by atoms with van der Waals surface area (Å²) in [4.78, 5) is 15.4. The Bertz CT molecular complexity index is 1620. The van der Waals surface area contributed by atoms with E-state index in [-0.39, 0.29) is 16.6 Å². The maximum atomic E-state index is 13.7. The van der Waals surface area contributed by atoms with Crippen LogP contribution >= 0.6 is 0 Å². The fourth-order valence-electron chi connectivity index (χ4n) is 4.54. The lowest BCUT2D eigenvalue weighted by Crippen LogP contribution is -2.38. The molecule has 1 amide bonds. The summed E-state index contributed by atoms with van der Waals surface area (Å²) in [5, 5.41) is 17.7. The molecule has 0 saturated carbocycles. The lowest BCUT2D eigenvalue weighted by Gasteiger charge is -2.28. The molecule has 1 aliphatic rings. The number of carbonyl (C=O) groups excluding carboxylic acids is 1. The molecule has 3 aromatic carbocycles. The molecule has 5 rings (SSSR count). The van der Waals surface area contributed by atoms with Crippen LogP contribution in [0, 0.1) is 12.3 Å². The number of amidine groups is 1. The van der Waals surface area contributed by atoms with Gasteiger partial charge in [0.2, 0.25) is 10.0 Å². The van der Waals surface area contributed by atoms with E-state index >= 15 is 0 Å². The maximum absolute atomic E-state index is 13.7. The van der Waals surface area contributed by atoms with E-state index in [1.165, 1.54) is 6.07 Å². The van der Waals surface area contributed by atoms with Crippen molar-refractivity contribution >= 4 is 27.5 Å². The molecule has 0 radical (unpaired) electrons. The Labute approximate surface area is 208 Å². The minimum Gasteiger partial charge on any atom is -0.384 e. The molecule has 4 aromatic rings. The third-order valence-corrected chi connectivity index (χ3v) is 7.27. The first-order valence-corrected chi connectivity index (χ1v) is 12.8. The number of anilines is 1. The molecule has 0 fully saturated rings. The minimum absolute atomic E-state index is 0.0450. The van der Waals surface area contributed by atoms with E-state index in [0.717, 1.165) is 11.3 Å². The summed E-state index contributed by atoms with van der Waals surface area (Å²) in [5.74, 6) is -0.255. The lowest BCUT2D eigenvalue weighted by atomic mass is 10.0. The summed E-state index contributed by atoms with van der Waals surface area (Å²) in [6.07, 6.45) is 0.634. The van der Waals surface area contributed by atoms with E-state index < -0.39 is 10.0 Å². The second kappa shape index (κ2) is 8.74. The second-order valence-electron chi connectivity index (χ2n) is 8.58. The number of aromatic nitrogens is 2. The highest BCUT2D eigenvalue weighted by Crippen LogP contribution is 2.32. The van der Waals surface area contributed by atoms with Crippen molar-refractivity contribution in [3.8, 4) is 16.8 Å². The van der Waals surface area contributed by atoms with Crippen molar-refractivity contribution < 1.29 is 13.2 Å². The lowest BCUT2D eigenvalue weighted by molar-refractivity contribution is 0.0973. The van der Waals surface area contributed by atoms with Gasteiger partial charge in [0.05, 0.1) is 16.3 Å². The molecule has 182 valence electrons. The van der Waals surface area contributed by atoms with Crippen LogP contribution in [-0.2, 0) is 16.4 Å². The van der Waals surface area contributed by atoms with Gasteiger partial charge in [-0.25, -0.2) is 18.2 Å². The number of nitrogens with two attached hydrogens (primary N) is 2. The predicted octanol–water partition coefficient (Wildman–Crippen LogP) is 2.98. The molecule has 0 aliphatic carbocycles. The number of benzene rings is 3. The Balaban J connectivity index is 1.51. The molecule has 9 nitrogen and oxygen atoms in total. The number of aryl methyl sites for hydroxylation is 1. The van der Waals surface area contributed by atoms with E-state index in [4.69, 9.17) is 16.3 Å². The molecule has 0 bridgehead atoms. The Morgan fingerprint density at radius 1 is 1.00 bits per heavy atom. The van der Waals surface area contributed by atoms with Crippen molar-refractivity contribution in [3.05, 3.63) is 95.3 Å². The SMILES string of the molecule is Cc1nn(-c2cccc(C(=N)N)c2)c2c1CCN(c1ccc(-c3ccccc3S(N)(=O)=O)cc1)C2=O. The number of nitrogens with zero attached hydrogens (tertiary/aromatic N) is 3. The number of sulfonamides is 1. The van der Waals surface area contributed by atoms with Gasteiger partial charge in [-0.15, -0.1) is 0 Å². The number of nitrogen functional groups attached to an aromatic ring is 1. The van der Waals surface area contributed by atoms with Crippen molar-refractivity contribution in [2.24, 2.45) is 10.9 Å². The van der Waals surface area contributed by atoms with Crippen LogP contribution < -0.4 is 15.8 Å². The van der Waals surface area contributed by atoms with Crippen molar-refractivity contribution in [2.45, 2.75) is 18.2 Å². The van der Waals surface area contributed by atoms with E-state index in [1.54, 1.807) is 70.2 Å². The summed E-state index contributed by atoms with van der Waals surface area (Å²) in [6, 6.07) is 20.8. The summed E-state index contributed by atoms with van der Waals surface area (Å²) in [6.45, 7) is 2.36. The molecular weight excluding hydrogens is 476 g/mol. The van der Waals surface area contributed by atoms with Crippen LogP contribution in [0.15, 0.2) is 77.7 Å². The number of amides is 1. The Morgan fingerprint density at radius 2 is 1.72 bits per heavy atom. The number of fused-ring (bicyclic) bond motifs is 1. The van der Waals surface area contributed by atoms with Crippen LogP contribution in [0.3, 0.4) is 0 Å². The molecule has 0 saturated heterocycles. The first kappa shape index (κ1) is 23.5. The predicted molar refractivity (Wildman–Crippen MR) is 138 cm³/mol. The van der Waals surface area contributed by atoms with Gasteiger partial charge in [0.25, 0.3) is 5.91 Å². The van der Waals surface area contributed by atoms with Crippen LogP contribution in [0.1, 0.15) is 27.3 Å². The van der Waals surface area contributed by atoms with Gasteiger partial charge in [0.15, 0.2) is 0 Å². The van der Waals surface area contributed by atoms with Crippen molar-refractivity contribution in [1.82, 2.24) is 9.78 Å². The molecular formula is C26H24N6O3S. The van der Waals surface area contributed by atoms with Gasteiger partial charge in [-0.1, -0.05) is 42.5 Å². The third kappa shape index (κ3) is 4.06. The highest BCUT2D eigenvalue weighted by atomic mass is 32.2. The van der Waals surface area contributed by atoms with Crippen molar-refractivity contribution in [3.63, 3.8) is 0 Å². The molecule has 0 unspecified atom stereocenters. The fourth-order valence-corrected chi connectivity index (χ4v) is 5.30. The number of nitrogens with one attached hydrogen (secondary N) is 1. The third-order valence-electron chi connectivity index (χ3n) is 6.30. The standard InChI is InChI=1S/C26H24N6O3S/c1-16-21-13-14-31(26(33)24(21)32(30-16)20-6-4-5-18(15-20)25(27)28)19-11-9-17(10-12-19)22-7-2-3-8-23(22)36(29,34)35/h2-12,15H,13-14H2,1H3,(H3,27,28)(H2,29,34,35). The molecule has 10 heteroatoms. The van der Waals surface area contributed by atoms with Gasteiger partial charge in [-0.2, -0.15) is 5.10 Å². The number of carbonyl (C=O) groups is 1. The maximum Gasteiger partial charge on any atom is 0.277 e. The molecule has 1 aliphatic heterocycles. The van der Waals surface area contributed by atoms with Crippen molar-refractivity contribution in [1.29, 1.82) is 5.41 Å². The molecule has 36 heavy (non-hydrogen) atoms. The zero-order chi connectivity index (χ0) is 25.6. The molecule has 0 spiro atoms. The van der Waals surface area contributed by atoms with Crippen molar-refractivity contribution in [2.75, 3.05) is 11.4 Å². The zero-order valence-corrected chi connectivity index (χ0v) is 20.3. The number of primary sulfonamides is 1. The summed E-state index contributed by atoms with van der Waals surface area (Å²) >= 11 is 0. The summed E-state index contributed by atoms with van der Waals surface area (Å²) in [5.41, 5.74) is 10.9. The summed E-state index contributed by atoms with van der Waals surface area (Å²) in [7, 11) is -3.89.